The van der Waals surface area contributed by atoms with Crippen molar-refractivity contribution in [3.05, 3.63) is 48.0 Å². The molecular weight excluding hydrogens is 554 g/mol. The van der Waals surface area contributed by atoms with E-state index in [0.29, 0.717) is 24.5 Å². The lowest BCUT2D eigenvalue weighted by Crippen LogP contribution is -2.24. The van der Waals surface area contributed by atoms with Crippen LogP contribution in [-0.2, 0) is 38.8 Å². The van der Waals surface area contributed by atoms with E-state index in [1.54, 1.807) is 0 Å². The summed E-state index contributed by atoms with van der Waals surface area (Å²) in [6.45, 7) is 8.41. The van der Waals surface area contributed by atoms with E-state index < -0.39 is 24.3 Å². The quantitative estimate of drug-likeness (QED) is 0.353. The maximum Gasteiger partial charge on any atom is 0.490 e. The van der Waals surface area contributed by atoms with Crippen LogP contribution in [0.1, 0.15) is 24.6 Å². The molecule has 0 unspecified atom stereocenters. The molecule has 2 aliphatic rings. The van der Waals surface area contributed by atoms with Crippen molar-refractivity contribution in [2.45, 2.75) is 51.5 Å². The van der Waals surface area contributed by atoms with E-state index in [0.717, 1.165) is 51.5 Å². The summed E-state index contributed by atoms with van der Waals surface area (Å²) in [6.07, 6.45) is -2.77. The number of nitrogens with zero attached hydrogens (tertiary/aromatic N) is 4. The lowest BCUT2D eigenvalue weighted by Gasteiger charge is -2.19. The Balaban J connectivity index is 0.000000333. The van der Waals surface area contributed by atoms with Gasteiger partial charge in [0, 0.05) is 56.7 Å². The summed E-state index contributed by atoms with van der Waals surface area (Å²) >= 11 is 0. The van der Waals surface area contributed by atoms with Crippen LogP contribution in [-0.4, -0.2) is 86.6 Å². The molecule has 2 saturated heterocycles. The van der Waals surface area contributed by atoms with Crippen molar-refractivity contribution >= 4 is 11.9 Å². The topological polar surface area (TPSA) is 127 Å². The minimum Gasteiger partial charge on any atom is -0.475 e. The molecule has 4 rings (SSSR count). The van der Waals surface area contributed by atoms with Crippen LogP contribution in [0.4, 0.5) is 26.3 Å². The number of aliphatic carboxylic acids is 2. The number of pyridine rings is 1. The molecule has 2 aromatic heterocycles. The highest BCUT2D eigenvalue weighted by Crippen LogP contribution is 2.36. The predicted octanol–water partition coefficient (Wildman–Crippen LogP) is 3.62. The second-order valence-electron chi connectivity index (χ2n) is 8.96. The minimum atomic E-state index is -5.08. The third-order valence-corrected chi connectivity index (χ3v) is 6.03. The normalized spacial score (nSPS) is 20.6. The first-order chi connectivity index (χ1) is 18.7. The molecule has 40 heavy (non-hydrogen) atoms. The van der Waals surface area contributed by atoms with Crippen LogP contribution in [0.25, 0.3) is 0 Å². The fraction of sp³-hybridized carbons (Fsp3) is 0.583. The number of carbonyl (C=O) groups is 2. The molecule has 0 spiro atoms. The number of carboxylic acid groups (broad SMARTS) is 2. The molecule has 0 bridgehead atoms. The third-order valence-electron chi connectivity index (χ3n) is 6.03. The van der Waals surface area contributed by atoms with E-state index in [9.17, 15) is 26.3 Å². The summed E-state index contributed by atoms with van der Waals surface area (Å²) in [4.78, 5) is 24.6. The highest BCUT2D eigenvalue weighted by atomic mass is 19.4. The molecule has 0 radical (unpaired) electrons. The molecule has 2 aromatic rings. The molecule has 2 fully saturated rings. The molecule has 0 aliphatic carbocycles. The predicted molar refractivity (Wildman–Crippen MR) is 126 cm³/mol. The number of hydrogen-bond donors (Lipinski definition) is 2. The van der Waals surface area contributed by atoms with Crippen molar-refractivity contribution in [1.82, 2.24) is 19.7 Å². The van der Waals surface area contributed by atoms with Crippen LogP contribution in [0, 0.1) is 11.8 Å². The van der Waals surface area contributed by atoms with Crippen molar-refractivity contribution < 1.29 is 55.6 Å². The highest BCUT2D eigenvalue weighted by Gasteiger charge is 2.43. The van der Waals surface area contributed by atoms with Crippen molar-refractivity contribution in [2.75, 3.05) is 26.3 Å². The standard InChI is InChI=1S/C20H28N4O2.2C2HF3O2/c1-2-24-11-16(9-22-24)10-23-12-19-17(14-26-20(19)13-23)6-8-25-15-18-5-3-4-7-21-18;2*3-2(4,5)1(6)7/h3-5,7,9,11,17,19-20H,2,6,8,10,12-15H2,1H3;2*(H,6,7)/t17-,19-,20-;;/m0../s1. The van der Waals surface area contributed by atoms with E-state index in [1.165, 1.54) is 5.56 Å². The molecule has 0 saturated carbocycles. The summed E-state index contributed by atoms with van der Waals surface area (Å²) in [7, 11) is 0. The number of ether oxygens (including phenoxy) is 2. The van der Waals surface area contributed by atoms with Gasteiger partial charge in [-0.05, 0) is 31.4 Å². The second-order valence-corrected chi connectivity index (χ2v) is 8.96. The Morgan fingerprint density at radius 2 is 1.75 bits per heavy atom. The van der Waals surface area contributed by atoms with Crippen LogP contribution in [0.2, 0.25) is 0 Å². The van der Waals surface area contributed by atoms with Gasteiger partial charge in [0.15, 0.2) is 0 Å². The van der Waals surface area contributed by atoms with Gasteiger partial charge in [0.25, 0.3) is 0 Å². The number of carboxylic acids is 2. The smallest absolute Gasteiger partial charge is 0.475 e. The van der Waals surface area contributed by atoms with Crippen LogP contribution in [0.3, 0.4) is 0 Å². The summed E-state index contributed by atoms with van der Waals surface area (Å²) < 4.78 is 77.4. The molecular formula is C24H30F6N4O6. The Morgan fingerprint density at radius 1 is 1.10 bits per heavy atom. The minimum absolute atomic E-state index is 0.386. The number of likely N-dealkylation sites (tertiary alicyclic amines) is 1. The van der Waals surface area contributed by atoms with Gasteiger partial charge < -0.3 is 19.7 Å². The maximum absolute atomic E-state index is 10.6. The molecule has 2 aliphatic heterocycles. The van der Waals surface area contributed by atoms with Gasteiger partial charge in [-0.3, -0.25) is 14.6 Å². The molecule has 10 nitrogen and oxygen atoms in total. The van der Waals surface area contributed by atoms with E-state index in [1.807, 2.05) is 35.3 Å². The Hall–Kier alpha value is -3.24. The zero-order chi connectivity index (χ0) is 29.9. The van der Waals surface area contributed by atoms with E-state index in [4.69, 9.17) is 29.3 Å². The van der Waals surface area contributed by atoms with E-state index >= 15 is 0 Å². The Bertz CT molecular complexity index is 1040. The second kappa shape index (κ2) is 14.9. The average molecular weight is 585 g/mol. The Morgan fingerprint density at radius 3 is 2.27 bits per heavy atom. The maximum atomic E-state index is 10.6. The fourth-order valence-electron chi connectivity index (χ4n) is 4.12. The van der Waals surface area contributed by atoms with Gasteiger partial charge in [-0.25, -0.2) is 9.59 Å². The number of fused-ring (bicyclic) bond motifs is 1. The monoisotopic (exact) mass is 584 g/mol. The van der Waals surface area contributed by atoms with Crippen molar-refractivity contribution in [2.24, 2.45) is 11.8 Å². The lowest BCUT2D eigenvalue weighted by molar-refractivity contribution is -0.193. The van der Waals surface area contributed by atoms with Gasteiger partial charge >= 0.3 is 24.3 Å². The zero-order valence-electron chi connectivity index (χ0n) is 21.4. The number of halogens is 6. The number of aromatic nitrogens is 3. The SMILES string of the molecule is CCn1cc(CN2C[C@H]3[C@@H](CCOCc4ccccn4)CO[C@H]3C2)cn1.O=C(O)C(F)(F)F.O=C(O)C(F)(F)F. The molecule has 0 amide bonds. The first-order valence-electron chi connectivity index (χ1n) is 12.1. The highest BCUT2D eigenvalue weighted by molar-refractivity contribution is 5.73. The van der Waals surface area contributed by atoms with Gasteiger partial charge in [-0.15, -0.1) is 0 Å². The Kier molecular flexibility index (Phi) is 12.3. The average Bonchev–Trinajstić information content (AvgIpc) is 3.59. The number of hydrogen-bond acceptors (Lipinski definition) is 7. The van der Waals surface area contributed by atoms with Crippen LogP contribution in [0.5, 0.6) is 0 Å². The van der Waals surface area contributed by atoms with Gasteiger partial charge in [0.1, 0.15) is 0 Å². The van der Waals surface area contributed by atoms with Crippen LogP contribution in [0.15, 0.2) is 36.8 Å². The molecule has 3 atom stereocenters. The van der Waals surface area contributed by atoms with Crippen molar-refractivity contribution in [3.63, 3.8) is 0 Å². The molecule has 224 valence electrons. The summed E-state index contributed by atoms with van der Waals surface area (Å²) in [5.41, 5.74) is 2.29. The first-order valence-corrected chi connectivity index (χ1v) is 12.1. The zero-order valence-corrected chi connectivity index (χ0v) is 21.4. The summed E-state index contributed by atoms with van der Waals surface area (Å²) in [5, 5.41) is 18.6. The largest absolute Gasteiger partial charge is 0.490 e. The van der Waals surface area contributed by atoms with Crippen molar-refractivity contribution in [3.8, 4) is 0 Å². The van der Waals surface area contributed by atoms with Gasteiger partial charge in [-0.1, -0.05) is 6.07 Å². The molecule has 4 heterocycles. The van der Waals surface area contributed by atoms with Crippen LogP contribution >= 0.6 is 0 Å². The third kappa shape index (κ3) is 11.1. The molecule has 0 aromatic carbocycles. The Labute approximate surface area is 225 Å². The van der Waals surface area contributed by atoms with Gasteiger partial charge in [-0.2, -0.15) is 31.4 Å². The van der Waals surface area contributed by atoms with Gasteiger partial charge in [0.05, 0.1) is 31.2 Å². The van der Waals surface area contributed by atoms with E-state index in [2.05, 4.69) is 28.1 Å². The lowest BCUT2D eigenvalue weighted by atomic mass is 9.91. The summed E-state index contributed by atoms with van der Waals surface area (Å²) in [5.74, 6) is -4.28. The summed E-state index contributed by atoms with van der Waals surface area (Å²) in [6, 6.07) is 5.93. The number of rotatable bonds is 8. The van der Waals surface area contributed by atoms with Crippen molar-refractivity contribution in [1.29, 1.82) is 0 Å². The van der Waals surface area contributed by atoms with E-state index in [-0.39, 0.29) is 0 Å². The first kappa shape index (κ1) is 33.0. The number of aryl methyl sites for hydroxylation is 1. The van der Waals surface area contributed by atoms with Crippen LogP contribution < -0.4 is 0 Å². The molecule has 16 heteroatoms. The fourth-order valence-corrected chi connectivity index (χ4v) is 4.12. The molecule has 2 N–H and O–H groups in total. The number of alkyl halides is 6. The van der Waals surface area contributed by atoms with Gasteiger partial charge in [0.2, 0.25) is 0 Å².